The molecule has 1 aromatic heterocycles. The summed E-state index contributed by atoms with van der Waals surface area (Å²) in [6.07, 6.45) is 5.40. The molecule has 0 amide bonds. The predicted octanol–water partition coefficient (Wildman–Crippen LogP) is 3.68. The molecule has 0 aliphatic carbocycles. The minimum absolute atomic E-state index is 0.238. The SMILES string of the molecule is CCc1ccc(C(c2ccccc2OC)N2CCCCC2C(=O)O)nc1. The largest absolute Gasteiger partial charge is 0.496 e. The zero-order valence-corrected chi connectivity index (χ0v) is 15.4. The number of aromatic nitrogens is 1. The molecule has 0 saturated carbocycles. The van der Waals surface area contributed by atoms with Crippen molar-refractivity contribution in [3.05, 3.63) is 59.4 Å². The highest BCUT2D eigenvalue weighted by molar-refractivity contribution is 5.73. The third-order valence-electron chi connectivity index (χ3n) is 5.13. The van der Waals surface area contributed by atoms with Gasteiger partial charge in [-0.1, -0.05) is 37.6 Å². The van der Waals surface area contributed by atoms with E-state index in [1.807, 2.05) is 36.5 Å². The normalized spacial score (nSPS) is 19.1. The molecule has 1 aliphatic rings. The van der Waals surface area contributed by atoms with Gasteiger partial charge in [-0.15, -0.1) is 0 Å². The van der Waals surface area contributed by atoms with Crippen LogP contribution in [-0.2, 0) is 11.2 Å². The smallest absolute Gasteiger partial charge is 0.320 e. The van der Waals surface area contributed by atoms with Crippen LogP contribution in [0.15, 0.2) is 42.6 Å². The number of piperidine rings is 1. The van der Waals surface area contributed by atoms with E-state index in [-0.39, 0.29) is 6.04 Å². The molecule has 3 rings (SSSR count). The van der Waals surface area contributed by atoms with E-state index in [9.17, 15) is 9.90 Å². The number of ether oxygens (including phenoxy) is 1. The summed E-state index contributed by atoms with van der Waals surface area (Å²) in [5, 5.41) is 9.77. The van der Waals surface area contributed by atoms with Crippen LogP contribution in [0, 0.1) is 0 Å². The van der Waals surface area contributed by atoms with Crippen molar-refractivity contribution in [3.63, 3.8) is 0 Å². The van der Waals surface area contributed by atoms with Crippen molar-refractivity contribution in [2.75, 3.05) is 13.7 Å². The number of pyridine rings is 1. The molecule has 5 heteroatoms. The minimum Gasteiger partial charge on any atom is -0.496 e. The molecule has 2 unspecified atom stereocenters. The topological polar surface area (TPSA) is 62.7 Å². The molecule has 2 aromatic rings. The van der Waals surface area contributed by atoms with Crippen molar-refractivity contribution >= 4 is 5.97 Å². The van der Waals surface area contributed by atoms with Crippen LogP contribution in [0.25, 0.3) is 0 Å². The molecule has 1 fully saturated rings. The van der Waals surface area contributed by atoms with Gasteiger partial charge in [0.25, 0.3) is 0 Å². The lowest BCUT2D eigenvalue weighted by Gasteiger charge is -2.39. The van der Waals surface area contributed by atoms with Gasteiger partial charge in [0, 0.05) is 11.8 Å². The first-order valence-corrected chi connectivity index (χ1v) is 9.22. The summed E-state index contributed by atoms with van der Waals surface area (Å²) in [5.41, 5.74) is 2.99. The fourth-order valence-corrected chi connectivity index (χ4v) is 3.74. The molecule has 0 radical (unpaired) electrons. The van der Waals surface area contributed by atoms with Gasteiger partial charge >= 0.3 is 5.97 Å². The summed E-state index contributed by atoms with van der Waals surface area (Å²) in [4.78, 5) is 18.6. The van der Waals surface area contributed by atoms with E-state index in [1.54, 1.807) is 7.11 Å². The molecule has 26 heavy (non-hydrogen) atoms. The van der Waals surface area contributed by atoms with Gasteiger partial charge in [-0.3, -0.25) is 14.7 Å². The summed E-state index contributed by atoms with van der Waals surface area (Å²) < 4.78 is 5.58. The van der Waals surface area contributed by atoms with Crippen LogP contribution in [0.5, 0.6) is 5.75 Å². The van der Waals surface area contributed by atoms with Gasteiger partial charge in [-0.25, -0.2) is 0 Å². The summed E-state index contributed by atoms with van der Waals surface area (Å²) in [7, 11) is 1.65. The van der Waals surface area contributed by atoms with Gasteiger partial charge in [-0.05, 0) is 43.5 Å². The molecule has 1 aliphatic heterocycles. The number of likely N-dealkylation sites (tertiary alicyclic amines) is 1. The number of carboxylic acid groups (broad SMARTS) is 1. The highest BCUT2D eigenvalue weighted by atomic mass is 16.5. The Bertz CT molecular complexity index is 745. The van der Waals surface area contributed by atoms with Crippen molar-refractivity contribution < 1.29 is 14.6 Å². The summed E-state index contributed by atoms with van der Waals surface area (Å²) in [6.45, 7) is 2.83. The Morgan fingerprint density at radius 1 is 1.31 bits per heavy atom. The molecule has 1 aromatic carbocycles. The monoisotopic (exact) mass is 354 g/mol. The number of hydrogen-bond donors (Lipinski definition) is 1. The molecule has 0 bridgehead atoms. The first kappa shape index (κ1) is 18.4. The second-order valence-electron chi connectivity index (χ2n) is 6.68. The number of rotatable bonds is 6. The van der Waals surface area contributed by atoms with Gasteiger partial charge in [0.15, 0.2) is 0 Å². The molecular formula is C21H26N2O3. The number of hydrogen-bond acceptors (Lipinski definition) is 4. The van der Waals surface area contributed by atoms with E-state index in [2.05, 4.69) is 22.9 Å². The maximum Gasteiger partial charge on any atom is 0.320 e. The number of para-hydroxylation sites is 1. The first-order valence-electron chi connectivity index (χ1n) is 9.22. The Kier molecular flexibility index (Phi) is 5.89. The molecule has 5 nitrogen and oxygen atoms in total. The lowest BCUT2D eigenvalue weighted by Crippen LogP contribution is -2.47. The van der Waals surface area contributed by atoms with Crippen molar-refractivity contribution in [2.24, 2.45) is 0 Å². The number of methoxy groups -OCH3 is 1. The highest BCUT2D eigenvalue weighted by Crippen LogP contribution is 2.37. The van der Waals surface area contributed by atoms with Crippen LogP contribution in [-0.4, -0.2) is 40.7 Å². The average Bonchev–Trinajstić information content (AvgIpc) is 2.69. The Morgan fingerprint density at radius 3 is 2.77 bits per heavy atom. The Hall–Kier alpha value is -2.40. The minimum atomic E-state index is -0.769. The van der Waals surface area contributed by atoms with Crippen LogP contribution >= 0.6 is 0 Å². The molecule has 1 N–H and O–H groups in total. The summed E-state index contributed by atoms with van der Waals surface area (Å²) in [5.74, 6) is -0.0108. The van der Waals surface area contributed by atoms with Gasteiger partial charge in [-0.2, -0.15) is 0 Å². The number of carbonyl (C=O) groups is 1. The number of aryl methyl sites for hydroxylation is 1. The van der Waals surface area contributed by atoms with Crippen LogP contribution in [0.1, 0.15) is 49.0 Å². The number of benzene rings is 1. The first-order chi connectivity index (χ1) is 12.7. The van der Waals surface area contributed by atoms with Gasteiger partial charge < -0.3 is 9.84 Å². The molecule has 1 saturated heterocycles. The van der Waals surface area contributed by atoms with E-state index in [1.165, 1.54) is 5.56 Å². The Balaban J connectivity index is 2.09. The van der Waals surface area contributed by atoms with Crippen LogP contribution in [0.2, 0.25) is 0 Å². The standard InChI is InChI=1S/C21H26N2O3/c1-3-15-11-12-17(22-14-15)20(16-8-4-5-10-19(16)26-2)23-13-7-6-9-18(23)21(24)25/h4-5,8,10-12,14,18,20H,3,6-7,9,13H2,1-2H3,(H,24,25). The third-order valence-corrected chi connectivity index (χ3v) is 5.13. The lowest BCUT2D eigenvalue weighted by atomic mass is 9.93. The number of aliphatic carboxylic acids is 1. The Morgan fingerprint density at radius 2 is 2.12 bits per heavy atom. The molecule has 2 heterocycles. The maximum atomic E-state index is 11.9. The summed E-state index contributed by atoms with van der Waals surface area (Å²) in [6, 6.07) is 11.2. The second kappa shape index (κ2) is 8.32. The number of carboxylic acids is 1. The third kappa shape index (κ3) is 3.73. The predicted molar refractivity (Wildman–Crippen MR) is 100 cm³/mol. The molecule has 0 spiro atoms. The van der Waals surface area contributed by atoms with Crippen LogP contribution in [0.3, 0.4) is 0 Å². The second-order valence-corrected chi connectivity index (χ2v) is 6.68. The zero-order chi connectivity index (χ0) is 18.5. The van der Waals surface area contributed by atoms with Crippen molar-refractivity contribution in [3.8, 4) is 5.75 Å². The van der Waals surface area contributed by atoms with Gasteiger partial charge in [0.2, 0.25) is 0 Å². The van der Waals surface area contributed by atoms with Crippen molar-refractivity contribution in [1.82, 2.24) is 9.88 Å². The van der Waals surface area contributed by atoms with E-state index in [0.717, 1.165) is 42.8 Å². The summed E-state index contributed by atoms with van der Waals surface area (Å²) >= 11 is 0. The molecule has 138 valence electrons. The highest BCUT2D eigenvalue weighted by Gasteiger charge is 2.36. The average molecular weight is 354 g/mol. The van der Waals surface area contributed by atoms with E-state index in [0.29, 0.717) is 6.42 Å². The van der Waals surface area contributed by atoms with E-state index < -0.39 is 12.0 Å². The van der Waals surface area contributed by atoms with E-state index >= 15 is 0 Å². The lowest BCUT2D eigenvalue weighted by molar-refractivity contribution is -0.145. The quantitative estimate of drug-likeness (QED) is 0.857. The molecular weight excluding hydrogens is 328 g/mol. The van der Waals surface area contributed by atoms with E-state index in [4.69, 9.17) is 4.74 Å². The van der Waals surface area contributed by atoms with Gasteiger partial charge in [0.1, 0.15) is 11.8 Å². The van der Waals surface area contributed by atoms with Gasteiger partial charge in [0.05, 0.1) is 18.8 Å². The fourth-order valence-electron chi connectivity index (χ4n) is 3.74. The number of nitrogens with zero attached hydrogens (tertiary/aromatic N) is 2. The van der Waals surface area contributed by atoms with Crippen molar-refractivity contribution in [2.45, 2.75) is 44.7 Å². The maximum absolute atomic E-state index is 11.9. The molecule has 2 atom stereocenters. The van der Waals surface area contributed by atoms with Crippen molar-refractivity contribution in [1.29, 1.82) is 0 Å². The van der Waals surface area contributed by atoms with Crippen LogP contribution < -0.4 is 4.74 Å². The van der Waals surface area contributed by atoms with Crippen LogP contribution in [0.4, 0.5) is 0 Å². The zero-order valence-electron chi connectivity index (χ0n) is 15.4. The fraction of sp³-hybridized carbons (Fsp3) is 0.429. The Labute approximate surface area is 154 Å².